The quantitative estimate of drug-likeness (QED) is 0.183. The van der Waals surface area contributed by atoms with Crippen LogP contribution in [0.15, 0.2) is 30.3 Å². The van der Waals surface area contributed by atoms with Gasteiger partial charge in [0.25, 0.3) is 0 Å². The molecule has 0 amide bonds. The van der Waals surface area contributed by atoms with E-state index in [0.717, 1.165) is 30.9 Å². The number of aliphatic hydroxyl groups is 4. The Kier molecular flexibility index (Phi) is 12.7. The molecule has 0 heterocycles. The second-order valence-corrected chi connectivity index (χ2v) is 15.3. The van der Waals surface area contributed by atoms with Gasteiger partial charge in [0.2, 0.25) is 0 Å². The molecule has 31 heavy (non-hydrogen) atoms. The zero-order valence-electron chi connectivity index (χ0n) is 19.4. The standard InChI is InChI=1S/C22H42O7Si2/c1-18(23)21(25)14-8-10-16-31(28-3,17-11-9-15-22(26)19(2)24)29-30(4,27)20-12-6-5-7-13-20/h5-7,12-13,18-19,21-27H,8-11,14-17H2,1-4H3. The second kappa shape index (κ2) is 13.8. The molecule has 0 aliphatic heterocycles. The van der Waals surface area contributed by atoms with Crippen LogP contribution in [-0.4, -0.2) is 73.9 Å². The van der Waals surface area contributed by atoms with Gasteiger partial charge in [-0.05, 0) is 50.5 Å². The zero-order valence-corrected chi connectivity index (χ0v) is 21.4. The highest BCUT2D eigenvalue weighted by atomic mass is 28.5. The first-order valence-corrected chi connectivity index (χ1v) is 15.9. The van der Waals surface area contributed by atoms with Crippen LogP contribution < -0.4 is 5.19 Å². The van der Waals surface area contributed by atoms with E-state index in [1.54, 1.807) is 27.5 Å². The van der Waals surface area contributed by atoms with Crippen molar-refractivity contribution in [3.8, 4) is 0 Å². The van der Waals surface area contributed by atoms with Crippen LogP contribution in [0.2, 0.25) is 18.6 Å². The van der Waals surface area contributed by atoms with Gasteiger partial charge in [-0.1, -0.05) is 56.0 Å². The van der Waals surface area contributed by atoms with Gasteiger partial charge in [-0.2, -0.15) is 0 Å². The van der Waals surface area contributed by atoms with Gasteiger partial charge in [0.15, 0.2) is 0 Å². The number of hydrogen-bond donors (Lipinski definition) is 5. The van der Waals surface area contributed by atoms with Crippen molar-refractivity contribution in [2.24, 2.45) is 0 Å². The van der Waals surface area contributed by atoms with Crippen molar-refractivity contribution in [3.63, 3.8) is 0 Å². The summed E-state index contributed by atoms with van der Waals surface area (Å²) in [6, 6.07) is 10.8. The van der Waals surface area contributed by atoms with E-state index >= 15 is 0 Å². The molecular formula is C22H42O7Si2. The lowest BCUT2D eigenvalue weighted by molar-refractivity contribution is 0.0247. The largest absolute Gasteiger partial charge is 0.411 e. The Labute approximate surface area is 189 Å². The van der Waals surface area contributed by atoms with E-state index < -0.39 is 41.5 Å². The topological polar surface area (TPSA) is 120 Å². The molecule has 180 valence electrons. The van der Waals surface area contributed by atoms with E-state index in [1.807, 2.05) is 30.3 Å². The number of rotatable bonds is 16. The lowest BCUT2D eigenvalue weighted by atomic mass is 10.1. The minimum atomic E-state index is -3.18. The molecule has 0 saturated heterocycles. The van der Waals surface area contributed by atoms with Crippen LogP contribution in [0, 0.1) is 0 Å². The maximum absolute atomic E-state index is 11.2. The second-order valence-electron chi connectivity index (χ2n) is 8.67. The summed E-state index contributed by atoms with van der Waals surface area (Å²) < 4.78 is 12.4. The summed E-state index contributed by atoms with van der Waals surface area (Å²) in [4.78, 5) is 11.2. The summed E-state index contributed by atoms with van der Waals surface area (Å²) in [5.74, 6) is 0. The molecule has 0 bridgehead atoms. The Bertz CT molecular complexity index is 577. The van der Waals surface area contributed by atoms with Crippen molar-refractivity contribution < 1.29 is 33.8 Å². The summed E-state index contributed by atoms with van der Waals surface area (Å²) in [6.45, 7) is 4.91. The summed E-state index contributed by atoms with van der Waals surface area (Å²) in [7, 11) is -4.30. The molecule has 0 spiro atoms. The molecule has 1 aromatic carbocycles. The van der Waals surface area contributed by atoms with Crippen LogP contribution in [0.25, 0.3) is 0 Å². The maximum atomic E-state index is 11.2. The van der Waals surface area contributed by atoms with Crippen molar-refractivity contribution in [2.75, 3.05) is 7.11 Å². The smallest absolute Gasteiger partial charge is 0.357 e. The summed E-state index contributed by atoms with van der Waals surface area (Å²) in [5.41, 5.74) is 0. The Balaban J connectivity index is 2.82. The normalized spacial score (nSPS) is 19.8. The number of hydrogen-bond acceptors (Lipinski definition) is 7. The van der Waals surface area contributed by atoms with Crippen LogP contribution in [0.4, 0.5) is 0 Å². The van der Waals surface area contributed by atoms with Gasteiger partial charge in [-0.25, -0.2) is 0 Å². The van der Waals surface area contributed by atoms with Gasteiger partial charge < -0.3 is 33.8 Å². The van der Waals surface area contributed by atoms with E-state index in [2.05, 4.69) is 0 Å². The Morgan fingerprint density at radius 1 is 0.806 bits per heavy atom. The van der Waals surface area contributed by atoms with E-state index in [4.69, 9.17) is 8.54 Å². The monoisotopic (exact) mass is 474 g/mol. The Morgan fingerprint density at radius 3 is 1.65 bits per heavy atom. The average molecular weight is 475 g/mol. The molecule has 5 unspecified atom stereocenters. The van der Waals surface area contributed by atoms with Gasteiger partial charge >= 0.3 is 17.1 Å². The molecule has 7 nitrogen and oxygen atoms in total. The highest BCUT2D eigenvalue weighted by Crippen LogP contribution is 2.28. The molecule has 5 atom stereocenters. The summed E-state index contributed by atoms with van der Waals surface area (Å²) >= 11 is 0. The van der Waals surface area contributed by atoms with Crippen LogP contribution in [0.3, 0.4) is 0 Å². The van der Waals surface area contributed by atoms with Crippen molar-refractivity contribution in [1.82, 2.24) is 0 Å². The molecule has 0 radical (unpaired) electrons. The zero-order chi connectivity index (χ0) is 23.5. The molecule has 0 aliphatic carbocycles. The van der Waals surface area contributed by atoms with Gasteiger partial charge in [0.05, 0.1) is 24.4 Å². The highest BCUT2D eigenvalue weighted by molar-refractivity contribution is 6.87. The first-order chi connectivity index (χ1) is 14.5. The fourth-order valence-electron chi connectivity index (χ4n) is 3.62. The Morgan fingerprint density at radius 2 is 1.26 bits per heavy atom. The third-order valence-corrected chi connectivity index (χ3v) is 13.3. The van der Waals surface area contributed by atoms with Crippen LogP contribution in [-0.2, 0) is 8.54 Å². The average Bonchev–Trinajstić information content (AvgIpc) is 2.73. The van der Waals surface area contributed by atoms with Gasteiger partial charge in [-0.3, -0.25) is 0 Å². The van der Waals surface area contributed by atoms with Gasteiger partial charge in [0.1, 0.15) is 0 Å². The molecule has 9 heteroatoms. The maximum Gasteiger partial charge on any atom is 0.357 e. The molecule has 1 rings (SSSR count). The molecule has 0 aliphatic rings. The first-order valence-electron chi connectivity index (χ1n) is 11.3. The van der Waals surface area contributed by atoms with Crippen LogP contribution >= 0.6 is 0 Å². The van der Waals surface area contributed by atoms with Crippen molar-refractivity contribution in [1.29, 1.82) is 0 Å². The predicted molar refractivity (Wildman–Crippen MR) is 126 cm³/mol. The predicted octanol–water partition coefficient (Wildman–Crippen LogP) is 1.89. The molecule has 1 aromatic rings. The van der Waals surface area contributed by atoms with Gasteiger partial charge in [-0.15, -0.1) is 0 Å². The molecule has 0 fully saturated rings. The van der Waals surface area contributed by atoms with Gasteiger partial charge in [0, 0.05) is 7.11 Å². The van der Waals surface area contributed by atoms with Crippen LogP contribution in [0.5, 0.6) is 0 Å². The lowest BCUT2D eigenvalue weighted by Crippen LogP contribution is -2.58. The highest BCUT2D eigenvalue weighted by Gasteiger charge is 2.44. The number of benzene rings is 1. The van der Waals surface area contributed by atoms with E-state index in [0.29, 0.717) is 24.9 Å². The molecular weight excluding hydrogens is 432 g/mol. The van der Waals surface area contributed by atoms with E-state index in [9.17, 15) is 25.2 Å². The fourth-order valence-corrected chi connectivity index (χ4v) is 11.2. The minimum Gasteiger partial charge on any atom is -0.411 e. The van der Waals surface area contributed by atoms with Crippen LogP contribution in [0.1, 0.15) is 52.4 Å². The van der Waals surface area contributed by atoms with E-state index in [-0.39, 0.29) is 0 Å². The number of aliphatic hydroxyl groups excluding tert-OH is 4. The Hall–Kier alpha value is -0.626. The summed E-state index contributed by atoms with van der Waals surface area (Å²) in [5, 5.41) is 39.4. The third kappa shape index (κ3) is 10.2. The fraction of sp³-hybridized carbons (Fsp3) is 0.727. The first kappa shape index (κ1) is 28.4. The molecule has 0 aromatic heterocycles. The molecule has 0 saturated carbocycles. The van der Waals surface area contributed by atoms with Crippen molar-refractivity contribution >= 4 is 22.3 Å². The summed E-state index contributed by atoms with van der Waals surface area (Å²) in [6.07, 6.45) is 0.967. The third-order valence-electron chi connectivity index (χ3n) is 5.79. The SMILES string of the molecule is CO[Si](CCCCC(O)C(C)O)(CCCCC(O)C(C)O)O[Si](C)(O)c1ccccc1. The van der Waals surface area contributed by atoms with Crippen molar-refractivity contribution in [3.05, 3.63) is 30.3 Å². The number of unbranched alkanes of at least 4 members (excludes halogenated alkanes) is 2. The van der Waals surface area contributed by atoms with E-state index in [1.165, 1.54) is 0 Å². The van der Waals surface area contributed by atoms with Crippen molar-refractivity contribution in [2.45, 2.75) is 95.4 Å². The lowest BCUT2D eigenvalue weighted by Gasteiger charge is -2.36. The minimum absolute atomic E-state index is 0.499. The molecule has 5 N–H and O–H groups in total.